The van der Waals surface area contributed by atoms with E-state index in [1.165, 1.54) is 0 Å². The minimum Gasteiger partial charge on any atom is -0.358 e. The van der Waals surface area contributed by atoms with Gasteiger partial charge < -0.3 is 20.1 Å². The van der Waals surface area contributed by atoms with E-state index in [0.717, 1.165) is 28.6 Å². The first kappa shape index (κ1) is 18.3. The number of nitrogens with one attached hydrogen (secondary N) is 2. The highest BCUT2D eigenvalue weighted by atomic mass is 16.2. The van der Waals surface area contributed by atoms with E-state index in [-0.39, 0.29) is 18.0 Å². The molecule has 3 amide bonds. The van der Waals surface area contributed by atoms with E-state index in [2.05, 4.69) is 16.4 Å². The molecule has 0 spiro atoms. The number of rotatable bonds is 3. The molecule has 2 aromatic rings. The van der Waals surface area contributed by atoms with Crippen molar-refractivity contribution in [3.05, 3.63) is 35.5 Å². The summed E-state index contributed by atoms with van der Waals surface area (Å²) in [6.07, 6.45) is 1.21. The molecule has 3 rings (SSSR count). The molecule has 1 fully saturated rings. The molecule has 1 saturated heterocycles. The summed E-state index contributed by atoms with van der Waals surface area (Å²) in [5, 5.41) is 4.04. The number of aromatic nitrogens is 1. The zero-order valence-corrected chi connectivity index (χ0v) is 15.8. The molecule has 0 saturated carbocycles. The third kappa shape index (κ3) is 4.00. The van der Waals surface area contributed by atoms with Gasteiger partial charge >= 0.3 is 6.03 Å². The SMILES string of the molecule is Cc1[nH]c2ccccc2c1CC(=O)N1CCCN(C(=O)NC(C)C)CC1. The van der Waals surface area contributed by atoms with Crippen LogP contribution >= 0.6 is 0 Å². The third-order valence-electron chi connectivity index (χ3n) is 4.90. The molecule has 2 heterocycles. The quantitative estimate of drug-likeness (QED) is 0.888. The average molecular weight is 356 g/mol. The summed E-state index contributed by atoms with van der Waals surface area (Å²) >= 11 is 0. The molecule has 1 aromatic heterocycles. The Morgan fingerprint density at radius 1 is 1.12 bits per heavy atom. The number of H-pyrrole nitrogens is 1. The van der Waals surface area contributed by atoms with Crippen molar-refractivity contribution in [2.75, 3.05) is 26.2 Å². The number of amides is 3. The summed E-state index contributed by atoms with van der Waals surface area (Å²) in [6.45, 7) is 8.48. The van der Waals surface area contributed by atoms with E-state index < -0.39 is 0 Å². The van der Waals surface area contributed by atoms with Crippen molar-refractivity contribution in [3.8, 4) is 0 Å². The molecule has 1 aromatic carbocycles. The lowest BCUT2D eigenvalue weighted by Gasteiger charge is -2.23. The zero-order chi connectivity index (χ0) is 18.7. The molecule has 26 heavy (non-hydrogen) atoms. The first-order valence-electron chi connectivity index (χ1n) is 9.35. The number of hydrogen-bond acceptors (Lipinski definition) is 2. The normalized spacial score (nSPS) is 15.4. The Hall–Kier alpha value is -2.50. The number of fused-ring (bicyclic) bond motifs is 1. The van der Waals surface area contributed by atoms with Gasteiger partial charge in [0, 0.05) is 48.8 Å². The van der Waals surface area contributed by atoms with Gasteiger partial charge in [-0.2, -0.15) is 0 Å². The van der Waals surface area contributed by atoms with E-state index >= 15 is 0 Å². The van der Waals surface area contributed by atoms with Crippen LogP contribution < -0.4 is 5.32 Å². The van der Waals surface area contributed by atoms with Crippen LogP contribution in [0.15, 0.2) is 24.3 Å². The van der Waals surface area contributed by atoms with Crippen LogP contribution in [0.4, 0.5) is 4.79 Å². The van der Waals surface area contributed by atoms with Crippen molar-refractivity contribution in [1.29, 1.82) is 0 Å². The molecule has 6 heteroatoms. The maximum Gasteiger partial charge on any atom is 0.317 e. The molecule has 1 aliphatic heterocycles. The Morgan fingerprint density at radius 2 is 1.81 bits per heavy atom. The standard InChI is InChI=1S/C20H28N4O2/c1-14(2)21-20(26)24-10-6-9-23(11-12-24)19(25)13-17-15(3)22-18-8-5-4-7-16(17)18/h4-5,7-8,14,22H,6,9-13H2,1-3H3,(H,21,26). The minimum atomic E-state index is -0.0400. The zero-order valence-electron chi connectivity index (χ0n) is 15.8. The van der Waals surface area contributed by atoms with Crippen molar-refractivity contribution >= 4 is 22.8 Å². The Labute approximate surface area is 154 Å². The van der Waals surface area contributed by atoms with Gasteiger partial charge in [0.2, 0.25) is 5.91 Å². The molecule has 1 aliphatic rings. The summed E-state index contributed by atoms with van der Waals surface area (Å²) in [4.78, 5) is 32.1. The Kier molecular flexibility index (Phi) is 5.49. The lowest BCUT2D eigenvalue weighted by molar-refractivity contribution is -0.130. The van der Waals surface area contributed by atoms with Crippen LogP contribution in [0, 0.1) is 6.92 Å². The second kappa shape index (κ2) is 7.81. The summed E-state index contributed by atoms with van der Waals surface area (Å²) in [7, 11) is 0. The van der Waals surface area contributed by atoms with Crippen molar-refractivity contribution in [3.63, 3.8) is 0 Å². The van der Waals surface area contributed by atoms with Crippen LogP contribution in [-0.4, -0.2) is 58.9 Å². The fraction of sp³-hybridized carbons (Fsp3) is 0.500. The van der Waals surface area contributed by atoms with Gasteiger partial charge in [0.1, 0.15) is 0 Å². The van der Waals surface area contributed by atoms with E-state index in [1.54, 1.807) is 0 Å². The van der Waals surface area contributed by atoms with Crippen LogP contribution in [-0.2, 0) is 11.2 Å². The topological polar surface area (TPSA) is 68.4 Å². The smallest absolute Gasteiger partial charge is 0.317 e. The highest BCUT2D eigenvalue weighted by molar-refractivity contribution is 5.90. The number of benzene rings is 1. The number of urea groups is 1. The summed E-state index contributed by atoms with van der Waals surface area (Å²) in [6, 6.07) is 8.17. The molecule has 0 unspecified atom stereocenters. The lowest BCUT2D eigenvalue weighted by atomic mass is 10.1. The number of aromatic amines is 1. The fourth-order valence-corrected chi connectivity index (χ4v) is 3.53. The lowest BCUT2D eigenvalue weighted by Crippen LogP contribution is -2.45. The van der Waals surface area contributed by atoms with Crippen LogP contribution in [0.5, 0.6) is 0 Å². The minimum absolute atomic E-state index is 0.0400. The van der Waals surface area contributed by atoms with E-state index in [1.807, 2.05) is 48.8 Å². The second-order valence-corrected chi connectivity index (χ2v) is 7.28. The van der Waals surface area contributed by atoms with Gasteiger partial charge in [0.15, 0.2) is 0 Å². The van der Waals surface area contributed by atoms with Crippen molar-refractivity contribution < 1.29 is 9.59 Å². The summed E-state index contributed by atoms with van der Waals surface area (Å²) < 4.78 is 0. The molecule has 0 aliphatic carbocycles. The summed E-state index contributed by atoms with van der Waals surface area (Å²) in [5.41, 5.74) is 3.19. The highest BCUT2D eigenvalue weighted by Gasteiger charge is 2.23. The number of carbonyl (C=O) groups excluding carboxylic acids is 2. The van der Waals surface area contributed by atoms with Gasteiger partial charge in [-0.05, 0) is 38.8 Å². The Balaban J connectivity index is 1.65. The predicted octanol–water partition coefficient (Wildman–Crippen LogP) is 2.67. The van der Waals surface area contributed by atoms with Gasteiger partial charge in [-0.25, -0.2) is 4.79 Å². The maximum atomic E-state index is 12.9. The van der Waals surface area contributed by atoms with Crippen molar-refractivity contribution in [1.82, 2.24) is 20.1 Å². The number of para-hydroxylation sites is 1. The third-order valence-corrected chi connectivity index (χ3v) is 4.90. The van der Waals surface area contributed by atoms with E-state index in [4.69, 9.17) is 0 Å². The second-order valence-electron chi connectivity index (χ2n) is 7.28. The van der Waals surface area contributed by atoms with Crippen LogP contribution in [0.2, 0.25) is 0 Å². The van der Waals surface area contributed by atoms with Crippen LogP contribution in [0.25, 0.3) is 10.9 Å². The molecule has 0 atom stereocenters. The fourth-order valence-electron chi connectivity index (χ4n) is 3.53. The van der Waals surface area contributed by atoms with E-state index in [0.29, 0.717) is 32.6 Å². The largest absolute Gasteiger partial charge is 0.358 e. The number of nitrogens with zero attached hydrogens (tertiary/aromatic N) is 2. The molecule has 2 N–H and O–H groups in total. The Morgan fingerprint density at radius 3 is 2.58 bits per heavy atom. The first-order valence-corrected chi connectivity index (χ1v) is 9.35. The highest BCUT2D eigenvalue weighted by Crippen LogP contribution is 2.23. The number of carbonyl (C=O) groups is 2. The number of hydrogen-bond donors (Lipinski definition) is 2. The molecule has 6 nitrogen and oxygen atoms in total. The molecule has 0 bridgehead atoms. The molecular formula is C20H28N4O2. The van der Waals surface area contributed by atoms with Crippen molar-refractivity contribution in [2.24, 2.45) is 0 Å². The van der Waals surface area contributed by atoms with Gasteiger partial charge in [0.25, 0.3) is 0 Å². The van der Waals surface area contributed by atoms with Gasteiger partial charge in [0.05, 0.1) is 6.42 Å². The van der Waals surface area contributed by atoms with Gasteiger partial charge in [-0.3, -0.25) is 4.79 Å². The predicted molar refractivity (Wildman–Crippen MR) is 103 cm³/mol. The van der Waals surface area contributed by atoms with Gasteiger partial charge in [-0.1, -0.05) is 18.2 Å². The van der Waals surface area contributed by atoms with Crippen LogP contribution in [0.1, 0.15) is 31.5 Å². The van der Waals surface area contributed by atoms with E-state index in [9.17, 15) is 9.59 Å². The van der Waals surface area contributed by atoms with Crippen LogP contribution in [0.3, 0.4) is 0 Å². The van der Waals surface area contributed by atoms with Crippen molar-refractivity contribution in [2.45, 2.75) is 39.7 Å². The molecular weight excluding hydrogens is 328 g/mol. The molecule has 140 valence electrons. The number of aryl methyl sites for hydroxylation is 1. The summed E-state index contributed by atoms with van der Waals surface area (Å²) in [5.74, 6) is 0.129. The van der Waals surface area contributed by atoms with Gasteiger partial charge in [-0.15, -0.1) is 0 Å². The average Bonchev–Trinajstić information content (AvgIpc) is 2.77. The monoisotopic (exact) mass is 356 g/mol. The first-order chi connectivity index (χ1) is 12.5. The maximum absolute atomic E-state index is 12.9. The Bertz CT molecular complexity index is 796. The molecule has 0 radical (unpaired) electrons.